The number of aryl methyl sites for hydroxylation is 1. The number of hydrogen-bond donors (Lipinski definition) is 3. The fourth-order valence-electron chi connectivity index (χ4n) is 2.07. The number of halogens is 1. The summed E-state index contributed by atoms with van der Waals surface area (Å²) in [7, 11) is 0. The number of fused-ring (bicyclic) bond motifs is 1. The predicted molar refractivity (Wildman–Crippen MR) is 92.1 cm³/mol. The molecule has 2 heterocycles. The van der Waals surface area contributed by atoms with E-state index in [1.807, 2.05) is 25.1 Å². The molecule has 3 rings (SSSR count). The lowest BCUT2D eigenvalue weighted by atomic mass is 10.2. The van der Waals surface area contributed by atoms with Gasteiger partial charge in [0.15, 0.2) is 0 Å². The van der Waals surface area contributed by atoms with E-state index in [0.717, 1.165) is 31.8 Å². The Bertz CT molecular complexity index is 814. The second kappa shape index (κ2) is 5.59. The van der Waals surface area contributed by atoms with Gasteiger partial charge in [0.2, 0.25) is 5.95 Å². The van der Waals surface area contributed by atoms with E-state index in [1.54, 1.807) is 11.3 Å². The van der Waals surface area contributed by atoms with Gasteiger partial charge in [0.1, 0.15) is 10.6 Å². The molecule has 0 saturated heterocycles. The standard InChI is InChI=1S/C14H14BrN5S/c1-7-6-9-12(18-14(20-16)19-13(9)21-7)17-11-5-3-4-10(15)8(11)2/h3-6H,16H2,1-2H3,(H2,17,18,19,20). The normalized spacial score (nSPS) is 10.9. The van der Waals surface area contributed by atoms with Crippen molar-refractivity contribution in [2.24, 2.45) is 5.84 Å². The molecule has 3 aromatic rings. The van der Waals surface area contributed by atoms with Crippen LogP contribution in [-0.4, -0.2) is 9.97 Å². The van der Waals surface area contributed by atoms with Gasteiger partial charge in [-0.3, -0.25) is 5.43 Å². The molecule has 2 aromatic heterocycles. The number of nitrogens with one attached hydrogen (secondary N) is 2. The lowest BCUT2D eigenvalue weighted by Crippen LogP contribution is -2.11. The topological polar surface area (TPSA) is 75.9 Å². The first-order valence-corrected chi connectivity index (χ1v) is 7.96. The highest BCUT2D eigenvalue weighted by molar-refractivity contribution is 9.10. The Hall–Kier alpha value is -1.70. The molecule has 0 saturated carbocycles. The van der Waals surface area contributed by atoms with Crippen LogP contribution in [0.25, 0.3) is 10.2 Å². The van der Waals surface area contributed by atoms with Crippen molar-refractivity contribution in [1.82, 2.24) is 9.97 Å². The zero-order valence-corrected chi connectivity index (χ0v) is 14.0. The molecule has 0 fully saturated rings. The van der Waals surface area contributed by atoms with Gasteiger partial charge in [0, 0.05) is 15.0 Å². The molecule has 21 heavy (non-hydrogen) atoms. The zero-order valence-electron chi connectivity index (χ0n) is 11.6. The first-order chi connectivity index (χ1) is 10.1. The molecule has 1 aromatic carbocycles. The van der Waals surface area contributed by atoms with E-state index >= 15 is 0 Å². The molecule has 5 nitrogen and oxygen atoms in total. The van der Waals surface area contributed by atoms with E-state index in [2.05, 4.69) is 49.6 Å². The lowest BCUT2D eigenvalue weighted by molar-refractivity contribution is 1.16. The molecule has 0 unspecified atom stereocenters. The Morgan fingerprint density at radius 2 is 2.05 bits per heavy atom. The maximum absolute atomic E-state index is 5.46. The van der Waals surface area contributed by atoms with Crippen molar-refractivity contribution in [3.63, 3.8) is 0 Å². The van der Waals surface area contributed by atoms with Crippen molar-refractivity contribution < 1.29 is 0 Å². The van der Waals surface area contributed by atoms with Gasteiger partial charge in [-0.25, -0.2) is 10.8 Å². The molecule has 0 aliphatic carbocycles. The fraction of sp³-hybridized carbons (Fsp3) is 0.143. The van der Waals surface area contributed by atoms with Gasteiger partial charge < -0.3 is 5.32 Å². The van der Waals surface area contributed by atoms with Crippen molar-refractivity contribution >= 4 is 54.9 Å². The van der Waals surface area contributed by atoms with Crippen LogP contribution in [0.4, 0.5) is 17.5 Å². The average molecular weight is 364 g/mol. The van der Waals surface area contributed by atoms with Crippen molar-refractivity contribution in [1.29, 1.82) is 0 Å². The number of hydrogen-bond acceptors (Lipinski definition) is 6. The zero-order chi connectivity index (χ0) is 15.0. The predicted octanol–water partition coefficient (Wildman–Crippen LogP) is 4.10. The largest absolute Gasteiger partial charge is 0.339 e. The van der Waals surface area contributed by atoms with Gasteiger partial charge in [-0.2, -0.15) is 4.98 Å². The van der Waals surface area contributed by atoms with Gasteiger partial charge >= 0.3 is 0 Å². The summed E-state index contributed by atoms with van der Waals surface area (Å²) in [6, 6.07) is 8.09. The summed E-state index contributed by atoms with van der Waals surface area (Å²) < 4.78 is 1.05. The van der Waals surface area contributed by atoms with Crippen molar-refractivity contribution in [3.8, 4) is 0 Å². The second-order valence-electron chi connectivity index (χ2n) is 4.65. The van der Waals surface area contributed by atoms with Gasteiger partial charge in [-0.15, -0.1) is 11.3 Å². The maximum Gasteiger partial charge on any atom is 0.240 e. The first kappa shape index (κ1) is 14.2. The Balaban J connectivity index is 2.12. The maximum atomic E-state index is 5.46. The van der Waals surface area contributed by atoms with Gasteiger partial charge in [-0.1, -0.05) is 22.0 Å². The van der Waals surface area contributed by atoms with E-state index in [0.29, 0.717) is 5.95 Å². The smallest absolute Gasteiger partial charge is 0.240 e. The molecule has 0 bridgehead atoms. The van der Waals surface area contributed by atoms with E-state index in [9.17, 15) is 0 Å². The third-order valence-electron chi connectivity index (χ3n) is 3.17. The van der Waals surface area contributed by atoms with Gasteiger partial charge in [-0.05, 0) is 37.6 Å². The molecule has 0 amide bonds. The summed E-state index contributed by atoms with van der Waals surface area (Å²) in [4.78, 5) is 10.9. The van der Waals surface area contributed by atoms with E-state index in [-0.39, 0.29) is 0 Å². The Morgan fingerprint density at radius 3 is 2.81 bits per heavy atom. The second-order valence-corrected chi connectivity index (χ2v) is 6.74. The van der Waals surface area contributed by atoms with Crippen LogP contribution in [0, 0.1) is 13.8 Å². The minimum atomic E-state index is 0.402. The van der Waals surface area contributed by atoms with Crippen molar-refractivity contribution in [2.45, 2.75) is 13.8 Å². The number of hydrazine groups is 1. The van der Waals surface area contributed by atoms with Crippen LogP contribution in [0.1, 0.15) is 10.4 Å². The van der Waals surface area contributed by atoms with E-state index in [1.165, 1.54) is 4.88 Å². The summed E-state index contributed by atoms with van der Waals surface area (Å²) in [6.45, 7) is 4.10. The lowest BCUT2D eigenvalue weighted by Gasteiger charge is -2.11. The highest BCUT2D eigenvalue weighted by Crippen LogP contribution is 2.33. The number of benzene rings is 1. The average Bonchev–Trinajstić information content (AvgIpc) is 2.84. The molecular weight excluding hydrogens is 350 g/mol. The number of nitrogen functional groups attached to an aromatic ring is 1. The van der Waals surface area contributed by atoms with E-state index in [4.69, 9.17) is 5.84 Å². The van der Waals surface area contributed by atoms with Crippen molar-refractivity contribution in [3.05, 3.63) is 39.2 Å². The van der Waals surface area contributed by atoms with Crippen LogP contribution < -0.4 is 16.6 Å². The molecule has 108 valence electrons. The molecule has 0 radical (unpaired) electrons. The molecule has 4 N–H and O–H groups in total. The Morgan fingerprint density at radius 1 is 1.24 bits per heavy atom. The van der Waals surface area contributed by atoms with E-state index < -0.39 is 0 Å². The van der Waals surface area contributed by atoms with Crippen LogP contribution in [0.5, 0.6) is 0 Å². The summed E-state index contributed by atoms with van der Waals surface area (Å²) in [5.41, 5.74) is 4.64. The summed E-state index contributed by atoms with van der Waals surface area (Å²) >= 11 is 5.16. The minimum absolute atomic E-state index is 0.402. The highest BCUT2D eigenvalue weighted by Gasteiger charge is 2.11. The summed E-state index contributed by atoms with van der Waals surface area (Å²) in [5.74, 6) is 6.61. The van der Waals surface area contributed by atoms with Crippen LogP contribution in [0.15, 0.2) is 28.7 Å². The minimum Gasteiger partial charge on any atom is -0.339 e. The molecule has 0 aliphatic heterocycles. The molecular formula is C14H14BrN5S. The van der Waals surface area contributed by atoms with Crippen molar-refractivity contribution in [2.75, 3.05) is 10.7 Å². The third-order valence-corrected chi connectivity index (χ3v) is 4.97. The van der Waals surface area contributed by atoms with Crippen LogP contribution in [0.2, 0.25) is 0 Å². The van der Waals surface area contributed by atoms with Gasteiger partial charge in [0.05, 0.1) is 5.39 Å². The van der Waals surface area contributed by atoms with Gasteiger partial charge in [0.25, 0.3) is 0 Å². The van der Waals surface area contributed by atoms with Crippen LogP contribution in [0.3, 0.4) is 0 Å². The highest BCUT2D eigenvalue weighted by atomic mass is 79.9. The molecule has 0 spiro atoms. The monoisotopic (exact) mass is 363 g/mol. The number of anilines is 3. The summed E-state index contributed by atoms with van der Waals surface area (Å²) in [6.07, 6.45) is 0. The number of aromatic nitrogens is 2. The number of nitrogens with zero attached hydrogens (tertiary/aromatic N) is 2. The Labute approximate surface area is 134 Å². The molecule has 0 aliphatic rings. The van der Waals surface area contributed by atoms with Crippen LogP contribution in [-0.2, 0) is 0 Å². The molecule has 0 atom stereocenters. The fourth-order valence-corrected chi connectivity index (χ4v) is 3.32. The SMILES string of the molecule is Cc1cc2c(Nc3cccc(Br)c3C)nc(NN)nc2s1. The quantitative estimate of drug-likeness (QED) is 0.482. The Kier molecular flexibility index (Phi) is 3.79. The number of nitrogens with two attached hydrogens (primary N) is 1. The first-order valence-electron chi connectivity index (χ1n) is 6.35. The molecule has 7 heteroatoms. The number of thiophene rings is 1. The number of rotatable bonds is 3. The summed E-state index contributed by atoms with van der Waals surface area (Å²) in [5, 5.41) is 4.37. The van der Waals surface area contributed by atoms with Crippen LogP contribution >= 0.6 is 27.3 Å². The third kappa shape index (κ3) is 2.72.